The minimum absolute atomic E-state index is 0.224. The molecular formula is C16H21FN2OS. The lowest BCUT2D eigenvalue weighted by Gasteiger charge is -2.07. The van der Waals surface area contributed by atoms with E-state index < -0.39 is 0 Å². The third-order valence-corrected chi connectivity index (χ3v) is 3.76. The van der Waals surface area contributed by atoms with E-state index in [9.17, 15) is 4.39 Å². The van der Waals surface area contributed by atoms with Crippen molar-refractivity contribution in [2.75, 3.05) is 19.8 Å². The Morgan fingerprint density at radius 1 is 1.29 bits per heavy atom. The Kier molecular flexibility index (Phi) is 6.29. The molecule has 1 heterocycles. The lowest BCUT2D eigenvalue weighted by atomic mass is 10.2. The first-order valence-electron chi connectivity index (χ1n) is 7.14. The number of nitrogens with zero attached hydrogens (tertiary/aromatic N) is 1. The van der Waals surface area contributed by atoms with Gasteiger partial charge in [-0.25, -0.2) is 9.37 Å². The predicted molar refractivity (Wildman–Crippen MR) is 84.9 cm³/mol. The Balaban J connectivity index is 1.74. The van der Waals surface area contributed by atoms with Gasteiger partial charge in [-0.15, -0.1) is 11.3 Å². The van der Waals surface area contributed by atoms with Gasteiger partial charge in [-0.2, -0.15) is 0 Å². The molecule has 0 fully saturated rings. The van der Waals surface area contributed by atoms with Gasteiger partial charge >= 0.3 is 0 Å². The topological polar surface area (TPSA) is 34.1 Å². The van der Waals surface area contributed by atoms with Crippen molar-refractivity contribution in [3.05, 3.63) is 41.2 Å². The van der Waals surface area contributed by atoms with Crippen molar-refractivity contribution >= 4 is 11.3 Å². The molecule has 0 radical (unpaired) electrons. The molecule has 1 aromatic carbocycles. The molecule has 0 unspecified atom stereocenters. The molecule has 2 aromatic rings. The number of nitrogens with one attached hydrogen (secondary N) is 1. The van der Waals surface area contributed by atoms with Gasteiger partial charge in [0.05, 0.1) is 12.3 Å². The lowest BCUT2D eigenvalue weighted by Crippen LogP contribution is -2.20. The van der Waals surface area contributed by atoms with Gasteiger partial charge in [-0.3, -0.25) is 0 Å². The molecular weight excluding hydrogens is 287 g/mol. The average molecular weight is 308 g/mol. The van der Waals surface area contributed by atoms with Gasteiger partial charge in [-0.1, -0.05) is 13.8 Å². The van der Waals surface area contributed by atoms with E-state index in [2.05, 4.69) is 24.1 Å². The lowest BCUT2D eigenvalue weighted by molar-refractivity contribution is 0.111. The number of thiazole rings is 1. The van der Waals surface area contributed by atoms with Crippen LogP contribution in [0.1, 0.15) is 19.5 Å². The number of benzene rings is 1. The van der Waals surface area contributed by atoms with Crippen LogP contribution in [0.4, 0.5) is 4.39 Å². The first-order chi connectivity index (χ1) is 10.1. The van der Waals surface area contributed by atoms with Crippen molar-refractivity contribution in [3.63, 3.8) is 0 Å². The Morgan fingerprint density at radius 3 is 2.76 bits per heavy atom. The molecule has 0 amide bonds. The van der Waals surface area contributed by atoms with Crippen LogP contribution in [-0.4, -0.2) is 24.7 Å². The maximum atomic E-state index is 12.9. The summed E-state index contributed by atoms with van der Waals surface area (Å²) >= 11 is 1.58. The van der Waals surface area contributed by atoms with E-state index in [1.807, 2.05) is 5.38 Å². The highest BCUT2D eigenvalue weighted by Gasteiger charge is 2.04. The largest absolute Gasteiger partial charge is 0.380 e. The van der Waals surface area contributed by atoms with Gasteiger partial charge in [0.15, 0.2) is 0 Å². The van der Waals surface area contributed by atoms with Crippen LogP contribution in [0.25, 0.3) is 10.6 Å². The van der Waals surface area contributed by atoms with Crippen molar-refractivity contribution < 1.29 is 9.13 Å². The molecule has 0 aliphatic heterocycles. The van der Waals surface area contributed by atoms with Crippen LogP contribution < -0.4 is 5.32 Å². The molecule has 0 atom stereocenters. The van der Waals surface area contributed by atoms with Crippen LogP contribution in [0, 0.1) is 11.7 Å². The molecule has 3 nitrogen and oxygen atoms in total. The number of hydrogen-bond acceptors (Lipinski definition) is 4. The fourth-order valence-corrected chi connectivity index (χ4v) is 2.62. The van der Waals surface area contributed by atoms with Gasteiger partial charge in [-0.05, 0) is 30.2 Å². The fourth-order valence-electron chi connectivity index (χ4n) is 1.79. The van der Waals surface area contributed by atoms with E-state index >= 15 is 0 Å². The SMILES string of the molecule is CC(C)COCCNCc1csc(-c2ccc(F)cc2)n1. The molecule has 0 aliphatic carbocycles. The van der Waals surface area contributed by atoms with Crippen LogP contribution in [0.5, 0.6) is 0 Å². The number of halogens is 1. The number of aromatic nitrogens is 1. The summed E-state index contributed by atoms with van der Waals surface area (Å²) in [5.74, 6) is 0.348. The maximum Gasteiger partial charge on any atom is 0.123 e. The summed E-state index contributed by atoms with van der Waals surface area (Å²) in [4.78, 5) is 4.55. The maximum absolute atomic E-state index is 12.9. The molecule has 0 bridgehead atoms. The third kappa shape index (κ3) is 5.53. The van der Waals surface area contributed by atoms with E-state index in [-0.39, 0.29) is 5.82 Å². The van der Waals surface area contributed by atoms with E-state index in [4.69, 9.17) is 4.74 Å². The van der Waals surface area contributed by atoms with E-state index in [0.29, 0.717) is 12.5 Å². The molecule has 21 heavy (non-hydrogen) atoms. The first kappa shape index (κ1) is 16.1. The summed E-state index contributed by atoms with van der Waals surface area (Å²) in [5, 5.41) is 6.26. The van der Waals surface area contributed by atoms with E-state index in [0.717, 1.165) is 36.0 Å². The number of rotatable bonds is 8. The second-order valence-electron chi connectivity index (χ2n) is 5.30. The van der Waals surface area contributed by atoms with Gasteiger partial charge in [0.25, 0.3) is 0 Å². The molecule has 1 aromatic heterocycles. The summed E-state index contributed by atoms with van der Waals surface area (Å²) in [5.41, 5.74) is 1.95. The second-order valence-corrected chi connectivity index (χ2v) is 6.15. The van der Waals surface area contributed by atoms with Crippen LogP contribution in [-0.2, 0) is 11.3 Å². The Labute approximate surface area is 129 Å². The number of ether oxygens (including phenoxy) is 1. The summed E-state index contributed by atoms with van der Waals surface area (Å²) in [7, 11) is 0. The van der Waals surface area contributed by atoms with Gasteiger partial charge in [0, 0.05) is 30.6 Å². The highest BCUT2D eigenvalue weighted by Crippen LogP contribution is 2.23. The predicted octanol–water partition coefficient (Wildman–Crippen LogP) is 3.71. The summed E-state index contributed by atoms with van der Waals surface area (Å²) in [6.45, 7) is 7.33. The van der Waals surface area contributed by atoms with Crippen molar-refractivity contribution in [3.8, 4) is 10.6 Å². The Hall–Kier alpha value is -1.30. The quantitative estimate of drug-likeness (QED) is 0.755. The normalized spacial score (nSPS) is 11.2. The molecule has 0 spiro atoms. The summed E-state index contributed by atoms with van der Waals surface area (Å²) in [6.07, 6.45) is 0. The molecule has 2 rings (SSSR count). The zero-order valence-corrected chi connectivity index (χ0v) is 13.3. The summed E-state index contributed by atoms with van der Waals surface area (Å²) in [6, 6.07) is 6.43. The van der Waals surface area contributed by atoms with E-state index in [1.165, 1.54) is 12.1 Å². The summed E-state index contributed by atoms with van der Waals surface area (Å²) < 4.78 is 18.4. The molecule has 114 valence electrons. The van der Waals surface area contributed by atoms with Gasteiger partial charge < -0.3 is 10.1 Å². The second kappa shape index (κ2) is 8.22. The highest BCUT2D eigenvalue weighted by atomic mass is 32.1. The number of hydrogen-bond donors (Lipinski definition) is 1. The zero-order valence-electron chi connectivity index (χ0n) is 12.4. The molecule has 5 heteroatoms. The molecule has 0 saturated heterocycles. The molecule has 0 aliphatic rings. The minimum atomic E-state index is -0.224. The minimum Gasteiger partial charge on any atom is -0.380 e. The van der Waals surface area contributed by atoms with Crippen molar-refractivity contribution in [2.45, 2.75) is 20.4 Å². The zero-order chi connectivity index (χ0) is 15.1. The van der Waals surface area contributed by atoms with Gasteiger partial charge in [0.1, 0.15) is 10.8 Å². The average Bonchev–Trinajstić information content (AvgIpc) is 2.92. The smallest absolute Gasteiger partial charge is 0.123 e. The fraction of sp³-hybridized carbons (Fsp3) is 0.438. The van der Waals surface area contributed by atoms with Crippen LogP contribution in [0.2, 0.25) is 0 Å². The Morgan fingerprint density at radius 2 is 2.05 bits per heavy atom. The van der Waals surface area contributed by atoms with Crippen LogP contribution >= 0.6 is 11.3 Å². The third-order valence-electron chi connectivity index (χ3n) is 2.82. The highest BCUT2D eigenvalue weighted by molar-refractivity contribution is 7.13. The molecule has 0 saturated carbocycles. The van der Waals surface area contributed by atoms with E-state index in [1.54, 1.807) is 23.5 Å². The standard InChI is InChI=1S/C16H21FN2OS/c1-12(2)10-20-8-7-18-9-15-11-21-16(19-15)13-3-5-14(17)6-4-13/h3-6,11-12,18H,7-10H2,1-2H3. The first-order valence-corrected chi connectivity index (χ1v) is 8.02. The van der Waals surface area contributed by atoms with Crippen molar-refractivity contribution in [1.29, 1.82) is 0 Å². The van der Waals surface area contributed by atoms with Crippen molar-refractivity contribution in [1.82, 2.24) is 10.3 Å². The van der Waals surface area contributed by atoms with Crippen LogP contribution in [0.15, 0.2) is 29.6 Å². The van der Waals surface area contributed by atoms with Crippen LogP contribution in [0.3, 0.4) is 0 Å². The van der Waals surface area contributed by atoms with Crippen molar-refractivity contribution in [2.24, 2.45) is 5.92 Å². The Bertz CT molecular complexity index is 539. The molecule has 1 N–H and O–H groups in total. The van der Waals surface area contributed by atoms with Gasteiger partial charge in [0.2, 0.25) is 0 Å². The monoisotopic (exact) mass is 308 g/mol.